The summed E-state index contributed by atoms with van der Waals surface area (Å²) in [5.74, 6) is 0.474. The van der Waals surface area contributed by atoms with Gasteiger partial charge in [0.25, 0.3) is 0 Å². The van der Waals surface area contributed by atoms with Crippen LogP contribution in [0.2, 0.25) is 0 Å². The summed E-state index contributed by atoms with van der Waals surface area (Å²) in [6.07, 6.45) is 1.69. The molecule has 1 unspecified atom stereocenters. The summed E-state index contributed by atoms with van der Waals surface area (Å²) in [7, 11) is 0. The minimum Gasteiger partial charge on any atom is -0.362 e. The Morgan fingerprint density at radius 2 is 2.00 bits per heavy atom. The molecule has 1 N–H and O–H groups in total. The summed E-state index contributed by atoms with van der Waals surface area (Å²) in [5.41, 5.74) is 2.69. The van der Waals surface area contributed by atoms with Gasteiger partial charge in [0, 0.05) is 0 Å². The summed E-state index contributed by atoms with van der Waals surface area (Å²) >= 11 is 0. The van der Waals surface area contributed by atoms with E-state index >= 15 is 0 Å². The lowest BCUT2D eigenvalue weighted by molar-refractivity contribution is 0.623. The third kappa shape index (κ3) is 2.83. The molecule has 0 spiro atoms. The van der Waals surface area contributed by atoms with Crippen molar-refractivity contribution in [2.75, 3.05) is 5.32 Å². The molecule has 0 bridgehead atoms. The molecular formula is C14H16FN3. The van der Waals surface area contributed by atoms with Gasteiger partial charge in [-0.05, 0) is 38.5 Å². The highest BCUT2D eigenvalue weighted by Gasteiger charge is 2.07. The molecule has 2 aromatic rings. The molecule has 0 saturated heterocycles. The molecule has 1 aromatic carbocycles. The molecular weight excluding hydrogens is 229 g/mol. The SMILES string of the molecule is Cc1ncc(NC(C)c2cccc(F)c2)nc1C. The van der Waals surface area contributed by atoms with Crippen molar-refractivity contribution < 1.29 is 4.39 Å². The van der Waals surface area contributed by atoms with Gasteiger partial charge in [0.1, 0.15) is 11.6 Å². The van der Waals surface area contributed by atoms with Crippen molar-refractivity contribution in [1.29, 1.82) is 0 Å². The number of nitrogens with zero attached hydrogens (tertiary/aromatic N) is 2. The molecule has 3 nitrogen and oxygen atoms in total. The fraction of sp³-hybridized carbons (Fsp3) is 0.286. The first-order chi connectivity index (χ1) is 8.56. The molecule has 18 heavy (non-hydrogen) atoms. The van der Waals surface area contributed by atoms with E-state index in [1.54, 1.807) is 12.3 Å². The molecule has 1 atom stereocenters. The predicted octanol–water partition coefficient (Wildman–Crippen LogP) is 3.41. The predicted molar refractivity (Wildman–Crippen MR) is 69.9 cm³/mol. The summed E-state index contributed by atoms with van der Waals surface area (Å²) < 4.78 is 13.1. The van der Waals surface area contributed by atoms with Crippen molar-refractivity contribution in [2.45, 2.75) is 26.8 Å². The summed E-state index contributed by atoms with van der Waals surface area (Å²) in [6, 6.07) is 6.53. The molecule has 0 radical (unpaired) electrons. The van der Waals surface area contributed by atoms with Crippen molar-refractivity contribution in [3.63, 3.8) is 0 Å². The first-order valence-electron chi connectivity index (χ1n) is 5.88. The van der Waals surface area contributed by atoms with Crippen LogP contribution in [0.4, 0.5) is 10.2 Å². The maximum atomic E-state index is 13.1. The zero-order chi connectivity index (χ0) is 13.1. The molecule has 0 amide bonds. The lowest BCUT2D eigenvalue weighted by Gasteiger charge is -2.15. The van der Waals surface area contributed by atoms with Crippen molar-refractivity contribution >= 4 is 5.82 Å². The molecule has 0 saturated carbocycles. The number of aryl methyl sites for hydroxylation is 2. The largest absolute Gasteiger partial charge is 0.362 e. The molecule has 94 valence electrons. The monoisotopic (exact) mass is 245 g/mol. The van der Waals surface area contributed by atoms with Crippen LogP contribution >= 0.6 is 0 Å². The van der Waals surface area contributed by atoms with Crippen LogP contribution in [0.15, 0.2) is 30.5 Å². The number of benzene rings is 1. The molecule has 0 aliphatic carbocycles. The third-order valence-electron chi connectivity index (χ3n) is 2.91. The smallest absolute Gasteiger partial charge is 0.145 e. The maximum absolute atomic E-state index is 13.1. The van der Waals surface area contributed by atoms with Crippen LogP contribution in [0.25, 0.3) is 0 Å². The maximum Gasteiger partial charge on any atom is 0.145 e. The van der Waals surface area contributed by atoms with Gasteiger partial charge in [0.05, 0.1) is 23.6 Å². The summed E-state index contributed by atoms with van der Waals surface area (Å²) in [4.78, 5) is 8.64. The highest BCUT2D eigenvalue weighted by atomic mass is 19.1. The number of aromatic nitrogens is 2. The molecule has 2 rings (SSSR count). The van der Waals surface area contributed by atoms with Crippen molar-refractivity contribution in [3.8, 4) is 0 Å². The van der Waals surface area contributed by atoms with Gasteiger partial charge < -0.3 is 5.32 Å². The van der Waals surface area contributed by atoms with E-state index in [4.69, 9.17) is 0 Å². The zero-order valence-corrected chi connectivity index (χ0v) is 10.7. The fourth-order valence-electron chi connectivity index (χ4n) is 1.69. The first-order valence-corrected chi connectivity index (χ1v) is 5.88. The van der Waals surface area contributed by atoms with Gasteiger partial charge in [0.2, 0.25) is 0 Å². The minimum atomic E-state index is -0.229. The number of halogens is 1. The van der Waals surface area contributed by atoms with Crippen molar-refractivity contribution in [1.82, 2.24) is 9.97 Å². The van der Waals surface area contributed by atoms with Gasteiger partial charge >= 0.3 is 0 Å². The number of hydrogen-bond acceptors (Lipinski definition) is 3. The fourth-order valence-corrected chi connectivity index (χ4v) is 1.69. The molecule has 1 heterocycles. The van der Waals surface area contributed by atoms with Gasteiger partial charge in [0.15, 0.2) is 0 Å². The lowest BCUT2D eigenvalue weighted by atomic mass is 10.1. The van der Waals surface area contributed by atoms with Crippen LogP contribution in [-0.2, 0) is 0 Å². The highest BCUT2D eigenvalue weighted by Crippen LogP contribution is 2.18. The lowest BCUT2D eigenvalue weighted by Crippen LogP contribution is -2.09. The summed E-state index contributed by atoms with van der Waals surface area (Å²) in [5, 5.41) is 3.21. The average Bonchev–Trinajstić information content (AvgIpc) is 2.34. The molecule has 0 aliphatic rings. The normalized spacial score (nSPS) is 12.2. The Morgan fingerprint density at radius 1 is 1.22 bits per heavy atom. The van der Waals surface area contributed by atoms with E-state index in [9.17, 15) is 4.39 Å². The van der Waals surface area contributed by atoms with Crippen LogP contribution in [0.3, 0.4) is 0 Å². The first kappa shape index (κ1) is 12.5. The second-order valence-corrected chi connectivity index (χ2v) is 4.35. The van der Waals surface area contributed by atoms with E-state index in [-0.39, 0.29) is 11.9 Å². The van der Waals surface area contributed by atoms with Crippen LogP contribution in [0, 0.1) is 19.7 Å². The Labute approximate surface area is 106 Å². The van der Waals surface area contributed by atoms with Crippen LogP contribution < -0.4 is 5.32 Å². The van der Waals surface area contributed by atoms with Gasteiger partial charge in [-0.25, -0.2) is 9.37 Å². The van der Waals surface area contributed by atoms with Gasteiger partial charge in [-0.3, -0.25) is 4.98 Å². The number of rotatable bonds is 3. The molecule has 4 heteroatoms. The van der Waals surface area contributed by atoms with E-state index in [2.05, 4.69) is 15.3 Å². The second-order valence-electron chi connectivity index (χ2n) is 4.35. The average molecular weight is 245 g/mol. The van der Waals surface area contributed by atoms with E-state index in [0.717, 1.165) is 17.0 Å². The van der Waals surface area contributed by atoms with Gasteiger partial charge in [-0.2, -0.15) is 0 Å². The molecule has 0 fully saturated rings. The summed E-state index contributed by atoms with van der Waals surface area (Å²) in [6.45, 7) is 5.80. The van der Waals surface area contributed by atoms with E-state index in [0.29, 0.717) is 5.82 Å². The van der Waals surface area contributed by atoms with E-state index in [1.165, 1.54) is 12.1 Å². The van der Waals surface area contributed by atoms with Gasteiger partial charge in [-0.1, -0.05) is 12.1 Å². The molecule has 0 aliphatic heterocycles. The second kappa shape index (κ2) is 5.12. The van der Waals surface area contributed by atoms with Crippen LogP contribution in [0.1, 0.15) is 29.9 Å². The number of nitrogens with one attached hydrogen (secondary N) is 1. The minimum absolute atomic E-state index is 0.0166. The number of anilines is 1. The highest BCUT2D eigenvalue weighted by molar-refractivity contribution is 5.37. The van der Waals surface area contributed by atoms with Gasteiger partial charge in [-0.15, -0.1) is 0 Å². The number of hydrogen-bond donors (Lipinski definition) is 1. The molecule has 1 aromatic heterocycles. The van der Waals surface area contributed by atoms with Crippen LogP contribution in [-0.4, -0.2) is 9.97 Å². The third-order valence-corrected chi connectivity index (χ3v) is 2.91. The van der Waals surface area contributed by atoms with E-state index in [1.807, 2.05) is 26.8 Å². The Morgan fingerprint density at radius 3 is 2.67 bits per heavy atom. The quantitative estimate of drug-likeness (QED) is 0.900. The Kier molecular flexibility index (Phi) is 3.55. The van der Waals surface area contributed by atoms with Crippen molar-refractivity contribution in [2.24, 2.45) is 0 Å². The Hall–Kier alpha value is -1.97. The Bertz CT molecular complexity index is 554. The van der Waals surface area contributed by atoms with Crippen molar-refractivity contribution in [3.05, 3.63) is 53.2 Å². The Balaban J connectivity index is 2.16. The zero-order valence-electron chi connectivity index (χ0n) is 10.7. The standard InChI is InChI=1S/C14H16FN3/c1-9-10(2)17-14(8-16-9)18-11(3)12-5-4-6-13(15)7-12/h4-8,11H,1-3H3,(H,17,18). The topological polar surface area (TPSA) is 37.8 Å². The van der Waals surface area contributed by atoms with E-state index < -0.39 is 0 Å². The van der Waals surface area contributed by atoms with Crippen LogP contribution in [0.5, 0.6) is 0 Å².